The lowest BCUT2D eigenvalue weighted by Crippen LogP contribution is -2.30. The molecule has 1 atom stereocenters. The van der Waals surface area contributed by atoms with Gasteiger partial charge in [0.15, 0.2) is 29.0 Å². The number of aromatic amines is 1. The molecular weight excluding hydrogens is 1560 g/mol. The topological polar surface area (TPSA) is 411 Å². The highest BCUT2D eigenvalue weighted by Gasteiger charge is 2.36. The fourth-order valence-corrected chi connectivity index (χ4v) is 15.3. The molecule has 9 aromatic heterocycles. The number of aromatic hydroxyl groups is 1. The zero-order chi connectivity index (χ0) is 84.9. The number of halogens is 1. The fraction of sp³-hybridized carbons (Fsp3) is 0.291. The number of aromatic nitrogens is 11. The molecule has 0 radical (unpaired) electrons. The molecule has 10 heterocycles. The molecule has 0 spiro atoms. The average Bonchev–Trinajstić information content (AvgIpc) is 1.58. The Bertz CT molecular complexity index is 6120. The summed E-state index contributed by atoms with van der Waals surface area (Å²) in [5.74, 6) is -4.36. The van der Waals surface area contributed by atoms with Gasteiger partial charge < -0.3 is 88.7 Å². The molecule has 1 aliphatic heterocycles. The van der Waals surface area contributed by atoms with E-state index in [1.807, 2.05) is 42.5 Å². The minimum atomic E-state index is -0.643. The van der Waals surface area contributed by atoms with E-state index < -0.39 is 35.4 Å². The van der Waals surface area contributed by atoms with Gasteiger partial charge in [-0.25, -0.2) is 9.97 Å². The number of aryl methyl sites for hydroxylation is 8. The van der Waals surface area contributed by atoms with Crippen LogP contribution in [0.25, 0.3) is 21.7 Å². The van der Waals surface area contributed by atoms with Crippen molar-refractivity contribution < 1.29 is 67.4 Å². The van der Waals surface area contributed by atoms with E-state index in [1.165, 1.54) is 72.7 Å². The molecular formula is C86H92ClN19O14. The number of phenolic OH excluding ortho intramolecular Hbond substituents is 1. The molecule has 1 aliphatic rings. The highest BCUT2D eigenvalue weighted by Crippen LogP contribution is 2.46. The van der Waals surface area contributed by atoms with Gasteiger partial charge in [0.2, 0.25) is 23.5 Å². The van der Waals surface area contributed by atoms with Crippen LogP contribution in [0.5, 0.6) is 5.75 Å². The third kappa shape index (κ3) is 19.2. The average molecular weight is 1650 g/mol. The van der Waals surface area contributed by atoms with Gasteiger partial charge in [0.1, 0.15) is 40.1 Å². The number of hydrogen-bond acceptors (Lipinski definition) is 16. The summed E-state index contributed by atoms with van der Waals surface area (Å²) in [4.78, 5) is 186. The Kier molecular flexibility index (Phi) is 25.6. The standard InChI is InChI=1S/C85H88ClN19O14.CH4/c1-47(106)89-54-33-69(102(7)42-54)82(116)96-75-46-104(9)79(95-75)84(118)91-56-35-68(101(6)44-56)81(115)88-23-21-76(113)93-74-45-103(8)78(94-74)83(117)90-55-34-67(100(5)43-55)80(114)87-22-13-15-58(108)26-50-28-65(99(4)39-50)73(112)31-51-29-63(97(2)40-51)70(109)18-12-14-57(107)25-49-27-64(98(3)38-49)72(111)30-48-19-20-61-52(24-48)32-62(92-61)85(119)105-41-53(37-86)77-60-17-11-10-16-59(60)71(110)36-66(77)105;/h10-11,16-17,19-20,24,27-29,32-36,38-40,42-46,53,92,110H,12-15,18,21-23,25-26,30-31,37,41H2,1-9H3,(H,87,114)(H,88,115)(H,89,106)(H,90,117)(H,91,118)(H,93,113)(H,96,116);1H4. The highest BCUT2D eigenvalue weighted by molar-refractivity contribution is 6.19. The Balaban J connectivity index is 0.0000132. The van der Waals surface area contributed by atoms with E-state index in [0.29, 0.717) is 81.5 Å². The maximum atomic E-state index is 14.1. The molecule has 1 unspecified atom stereocenters. The van der Waals surface area contributed by atoms with E-state index in [0.717, 1.165) is 27.4 Å². The number of Topliss-reactive ketones (excluding diaryl/α,β-unsaturated/α-hetero) is 5. The molecule has 120 heavy (non-hydrogen) atoms. The number of fused-ring (bicyclic) bond motifs is 4. The molecule has 13 rings (SSSR count). The smallest absolute Gasteiger partial charge is 0.291 e. The molecule has 0 saturated heterocycles. The minimum absolute atomic E-state index is 0. The second-order valence-electron chi connectivity index (χ2n) is 29.9. The van der Waals surface area contributed by atoms with Gasteiger partial charge in [0.25, 0.3) is 35.4 Å². The van der Waals surface area contributed by atoms with Crippen LogP contribution in [0, 0.1) is 0 Å². The Morgan fingerprint density at radius 3 is 1.49 bits per heavy atom. The number of benzene rings is 3. The van der Waals surface area contributed by atoms with E-state index in [9.17, 15) is 67.4 Å². The van der Waals surface area contributed by atoms with Gasteiger partial charge >= 0.3 is 0 Å². The number of carbonyl (C=O) groups excluding carboxylic acids is 13. The number of imidazole rings is 2. The number of phenols is 1. The van der Waals surface area contributed by atoms with E-state index in [1.54, 1.807) is 130 Å². The molecule has 33 nitrogen and oxygen atoms in total. The van der Waals surface area contributed by atoms with Crippen LogP contribution in [-0.2, 0) is 101 Å². The van der Waals surface area contributed by atoms with Gasteiger partial charge in [-0.15, -0.1) is 11.6 Å². The van der Waals surface area contributed by atoms with E-state index in [4.69, 9.17) is 11.6 Å². The molecule has 9 N–H and O–H groups in total. The summed E-state index contributed by atoms with van der Waals surface area (Å²) in [5, 5.41) is 32.0. The van der Waals surface area contributed by atoms with Crippen molar-refractivity contribution in [3.8, 4) is 5.75 Å². The van der Waals surface area contributed by atoms with Crippen molar-refractivity contribution in [3.05, 3.63) is 220 Å². The summed E-state index contributed by atoms with van der Waals surface area (Å²) in [6.07, 6.45) is 13.7. The summed E-state index contributed by atoms with van der Waals surface area (Å²) in [6.45, 7) is 1.78. The van der Waals surface area contributed by atoms with Crippen molar-refractivity contribution in [2.75, 3.05) is 57.0 Å². The van der Waals surface area contributed by atoms with Crippen LogP contribution in [0.2, 0.25) is 0 Å². The molecule has 622 valence electrons. The first-order valence-electron chi connectivity index (χ1n) is 38.3. The number of H-pyrrole nitrogens is 1. The van der Waals surface area contributed by atoms with Crippen molar-refractivity contribution in [1.29, 1.82) is 0 Å². The Morgan fingerprint density at radius 2 is 0.942 bits per heavy atom. The number of alkyl halides is 1. The van der Waals surface area contributed by atoms with Crippen LogP contribution < -0.4 is 42.1 Å². The number of nitrogens with zero attached hydrogens (tertiary/aromatic N) is 11. The number of carbonyl (C=O) groups is 13. The van der Waals surface area contributed by atoms with Crippen LogP contribution in [-0.4, -0.2) is 158 Å². The van der Waals surface area contributed by atoms with Gasteiger partial charge in [-0.3, -0.25) is 62.3 Å². The van der Waals surface area contributed by atoms with Gasteiger partial charge in [-0.2, -0.15) is 0 Å². The second kappa shape index (κ2) is 36.1. The predicted molar refractivity (Wildman–Crippen MR) is 452 cm³/mol. The van der Waals surface area contributed by atoms with E-state index in [2.05, 4.69) is 52.2 Å². The molecule has 0 aliphatic carbocycles. The maximum absolute atomic E-state index is 14.1. The maximum Gasteiger partial charge on any atom is 0.291 e. The first kappa shape index (κ1) is 85.1. The summed E-state index contributed by atoms with van der Waals surface area (Å²) >= 11 is 6.44. The quantitative estimate of drug-likeness (QED) is 0.0103. The minimum Gasteiger partial charge on any atom is -0.507 e. The fourth-order valence-electron chi connectivity index (χ4n) is 15.0. The molecule has 0 fully saturated rings. The largest absolute Gasteiger partial charge is 0.507 e. The lowest BCUT2D eigenvalue weighted by atomic mass is 9.95. The zero-order valence-corrected chi connectivity index (χ0v) is 67.6. The van der Waals surface area contributed by atoms with Crippen LogP contribution in [0.3, 0.4) is 0 Å². The third-order valence-electron chi connectivity index (χ3n) is 20.7. The van der Waals surface area contributed by atoms with Crippen molar-refractivity contribution >= 4 is 144 Å². The van der Waals surface area contributed by atoms with Crippen molar-refractivity contribution in [2.45, 2.75) is 84.5 Å². The zero-order valence-electron chi connectivity index (χ0n) is 66.8. The Morgan fingerprint density at radius 1 is 0.458 bits per heavy atom. The third-order valence-corrected chi connectivity index (χ3v) is 21.1. The monoisotopic (exact) mass is 1650 g/mol. The SMILES string of the molecule is C.CC(=O)Nc1cc(C(=O)Nc2cn(C)c(C(=O)Nc3cc(C(=O)NCCC(=O)Nc4cn(C)c(C(=O)Nc5cc(C(=O)NCCCC(=O)Cc6cc(C(=O)Cc7cc(C(=O)CCCC(=O)Cc8cc(C(=O)Cc9ccc%10[nH]c(C(=O)N%11CC(CCl)c%12c%11cc(O)c%11ccccc%12%11)cc%10c9)n(C)c8)n(C)c7)n(C)c6)n(C)c5)n4)n(C)c3)n2)n(C)c1. The number of ketones is 5. The summed E-state index contributed by atoms with van der Waals surface area (Å²) < 4.78 is 12.4. The van der Waals surface area contributed by atoms with Crippen LogP contribution in [0.1, 0.15) is 181 Å². The van der Waals surface area contributed by atoms with Gasteiger partial charge in [-0.1, -0.05) is 37.8 Å². The lowest BCUT2D eigenvalue weighted by molar-refractivity contribution is -0.119. The van der Waals surface area contributed by atoms with Crippen LogP contribution in [0.15, 0.2) is 141 Å². The Labute approximate surface area is 693 Å². The molecule has 12 aromatic rings. The van der Waals surface area contributed by atoms with Crippen molar-refractivity contribution in [1.82, 2.24) is 62.1 Å². The normalized spacial score (nSPS) is 12.3. The first-order valence-corrected chi connectivity index (χ1v) is 38.8. The number of nitrogens with one attached hydrogen (secondary N) is 8. The lowest BCUT2D eigenvalue weighted by Gasteiger charge is -2.17. The van der Waals surface area contributed by atoms with Crippen LogP contribution >= 0.6 is 11.6 Å². The number of hydrogen-bond donors (Lipinski definition) is 9. The summed E-state index contributed by atoms with van der Waals surface area (Å²) in [5.41, 5.74) is 8.06. The second-order valence-corrected chi connectivity index (χ2v) is 30.2. The first-order chi connectivity index (χ1) is 56.8. The van der Waals surface area contributed by atoms with Crippen molar-refractivity contribution in [3.63, 3.8) is 0 Å². The van der Waals surface area contributed by atoms with Gasteiger partial charge in [0, 0.05) is 218 Å². The van der Waals surface area contributed by atoms with Crippen LogP contribution in [0.4, 0.5) is 34.4 Å². The summed E-state index contributed by atoms with van der Waals surface area (Å²) in [7, 11) is 13.2. The van der Waals surface area contributed by atoms with E-state index in [-0.39, 0.29) is 176 Å². The van der Waals surface area contributed by atoms with Gasteiger partial charge in [-0.05, 0) is 101 Å². The summed E-state index contributed by atoms with van der Waals surface area (Å²) in [6, 6.07) is 25.9. The number of anilines is 6. The predicted octanol–water partition coefficient (Wildman–Crippen LogP) is 9.95. The highest BCUT2D eigenvalue weighted by atomic mass is 35.5. The van der Waals surface area contributed by atoms with Crippen molar-refractivity contribution in [2.24, 2.45) is 56.4 Å². The molecule has 3 aromatic carbocycles. The molecule has 0 bridgehead atoms. The molecule has 0 saturated carbocycles. The van der Waals surface area contributed by atoms with Gasteiger partial charge in [0.05, 0.1) is 39.8 Å². The number of amides is 8. The molecule has 8 amide bonds. The Hall–Kier alpha value is -14.2. The molecule has 34 heteroatoms. The van der Waals surface area contributed by atoms with E-state index >= 15 is 0 Å². The number of rotatable bonds is 34.